The molecule has 0 aliphatic rings. The number of thiazole rings is 1. The number of carbonyl (C=O) groups excluding carboxylic acids is 2. The Balaban J connectivity index is 1.51. The molecule has 0 unspecified atom stereocenters. The number of aromatic nitrogens is 3. The fourth-order valence-corrected chi connectivity index (χ4v) is 3.68. The lowest BCUT2D eigenvalue weighted by Crippen LogP contribution is -2.14. The number of esters is 1. The maximum atomic E-state index is 12.2. The van der Waals surface area contributed by atoms with Crippen LogP contribution in [0.2, 0.25) is 0 Å². The Morgan fingerprint density at radius 3 is 2.59 bits per heavy atom. The quantitative estimate of drug-likeness (QED) is 0.428. The molecular formula is C20H23N5O3S. The van der Waals surface area contributed by atoms with Gasteiger partial charge in [0.15, 0.2) is 5.13 Å². The minimum Gasteiger partial charge on any atom is -0.462 e. The van der Waals surface area contributed by atoms with Crippen LogP contribution in [0.1, 0.15) is 41.5 Å². The molecular weight excluding hydrogens is 390 g/mol. The van der Waals surface area contributed by atoms with E-state index in [0.29, 0.717) is 42.6 Å². The molecule has 3 aromatic rings. The van der Waals surface area contributed by atoms with E-state index in [4.69, 9.17) is 4.74 Å². The van der Waals surface area contributed by atoms with Gasteiger partial charge in [-0.15, -0.1) is 0 Å². The van der Waals surface area contributed by atoms with Crippen molar-refractivity contribution in [3.05, 3.63) is 41.2 Å². The summed E-state index contributed by atoms with van der Waals surface area (Å²) in [7, 11) is 0. The number of rotatable bonds is 8. The van der Waals surface area contributed by atoms with E-state index in [1.54, 1.807) is 25.1 Å². The molecule has 0 saturated heterocycles. The molecule has 0 saturated carbocycles. The van der Waals surface area contributed by atoms with Crippen molar-refractivity contribution in [2.45, 2.75) is 33.6 Å². The molecule has 2 aromatic heterocycles. The number of hydrogen-bond acceptors (Lipinski definition) is 8. The number of fused-ring (bicyclic) bond motifs is 1. The maximum Gasteiger partial charge on any atom is 0.338 e. The lowest BCUT2D eigenvalue weighted by molar-refractivity contribution is -0.116. The van der Waals surface area contributed by atoms with Crippen molar-refractivity contribution in [2.24, 2.45) is 0 Å². The van der Waals surface area contributed by atoms with Gasteiger partial charge in [-0.2, -0.15) is 0 Å². The number of benzene rings is 1. The van der Waals surface area contributed by atoms with Crippen molar-refractivity contribution in [3.63, 3.8) is 0 Å². The SMILES string of the molecule is CCOC(=O)c1ccc2nc(NC(=O)CCCNc3nc(C)cc(C)n3)sc2c1. The molecule has 2 N–H and O–H groups in total. The maximum absolute atomic E-state index is 12.2. The zero-order valence-corrected chi connectivity index (χ0v) is 17.4. The molecule has 0 atom stereocenters. The molecule has 1 aromatic carbocycles. The fraction of sp³-hybridized carbons (Fsp3) is 0.350. The summed E-state index contributed by atoms with van der Waals surface area (Å²) in [5.74, 6) is 0.0953. The number of nitrogens with zero attached hydrogens (tertiary/aromatic N) is 3. The minimum absolute atomic E-state index is 0.113. The van der Waals surface area contributed by atoms with Crippen LogP contribution in [0, 0.1) is 13.8 Å². The summed E-state index contributed by atoms with van der Waals surface area (Å²) in [5, 5.41) is 6.46. The Kier molecular flexibility index (Phi) is 6.71. The first-order valence-electron chi connectivity index (χ1n) is 9.38. The second-order valence-corrected chi connectivity index (χ2v) is 7.51. The molecule has 29 heavy (non-hydrogen) atoms. The predicted molar refractivity (Wildman–Crippen MR) is 113 cm³/mol. The summed E-state index contributed by atoms with van der Waals surface area (Å²) in [6.07, 6.45) is 0.988. The van der Waals surface area contributed by atoms with Gasteiger partial charge in [-0.05, 0) is 51.5 Å². The molecule has 0 fully saturated rings. The summed E-state index contributed by atoms with van der Waals surface area (Å²) in [6, 6.07) is 7.06. The summed E-state index contributed by atoms with van der Waals surface area (Å²) in [5.41, 5.74) is 3.01. The lowest BCUT2D eigenvalue weighted by atomic mass is 10.2. The van der Waals surface area contributed by atoms with E-state index < -0.39 is 0 Å². The van der Waals surface area contributed by atoms with E-state index in [1.165, 1.54) is 11.3 Å². The third-order valence-electron chi connectivity index (χ3n) is 3.99. The molecule has 0 radical (unpaired) electrons. The van der Waals surface area contributed by atoms with Gasteiger partial charge in [0.2, 0.25) is 11.9 Å². The number of carbonyl (C=O) groups is 2. The second-order valence-electron chi connectivity index (χ2n) is 6.47. The second kappa shape index (κ2) is 9.42. The van der Waals surface area contributed by atoms with Gasteiger partial charge in [-0.25, -0.2) is 19.7 Å². The molecule has 0 bridgehead atoms. The van der Waals surface area contributed by atoms with Crippen LogP contribution < -0.4 is 10.6 Å². The van der Waals surface area contributed by atoms with Gasteiger partial charge in [-0.3, -0.25) is 4.79 Å². The molecule has 2 heterocycles. The van der Waals surface area contributed by atoms with Gasteiger partial charge in [0.1, 0.15) is 0 Å². The number of amides is 1. The van der Waals surface area contributed by atoms with Crippen LogP contribution in [0.4, 0.5) is 11.1 Å². The molecule has 3 rings (SSSR count). The van der Waals surface area contributed by atoms with Crippen LogP contribution >= 0.6 is 11.3 Å². The molecule has 0 spiro atoms. The van der Waals surface area contributed by atoms with Gasteiger partial charge in [-0.1, -0.05) is 11.3 Å². The molecule has 0 aliphatic heterocycles. The van der Waals surface area contributed by atoms with Crippen LogP contribution in [0.25, 0.3) is 10.2 Å². The Labute approximate surface area is 172 Å². The van der Waals surface area contributed by atoms with E-state index in [-0.39, 0.29) is 11.9 Å². The highest BCUT2D eigenvalue weighted by atomic mass is 32.1. The highest BCUT2D eigenvalue weighted by Crippen LogP contribution is 2.27. The average Bonchev–Trinajstić information content (AvgIpc) is 3.06. The first-order valence-corrected chi connectivity index (χ1v) is 10.2. The van der Waals surface area contributed by atoms with Crippen molar-refractivity contribution in [3.8, 4) is 0 Å². The van der Waals surface area contributed by atoms with Crippen LogP contribution in [0.5, 0.6) is 0 Å². The molecule has 1 amide bonds. The van der Waals surface area contributed by atoms with Gasteiger partial charge in [0.25, 0.3) is 0 Å². The first kappa shape index (κ1) is 20.7. The van der Waals surface area contributed by atoms with Crippen molar-refractivity contribution < 1.29 is 14.3 Å². The number of anilines is 2. The zero-order valence-electron chi connectivity index (χ0n) is 16.6. The zero-order chi connectivity index (χ0) is 20.8. The highest BCUT2D eigenvalue weighted by Gasteiger charge is 2.12. The standard InChI is InChI=1S/C20H23N5O3S/c1-4-28-18(27)14-7-8-15-16(11-14)29-20(24-15)25-17(26)6-5-9-21-19-22-12(2)10-13(3)23-19/h7-8,10-11H,4-6,9H2,1-3H3,(H,21,22,23)(H,24,25,26). The van der Waals surface area contributed by atoms with E-state index in [9.17, 15) is 9.59 Å². The summed E-state index contributed by atoms with van der Waals surface area (Å²) < 4.78 is 5.83. The van der Waals surface area contributed by atoms with E-state index in [2.05, 4.69) is 25.6 Å². The number of nitrogens with one attached hydrogen (secondary N) is 2. The number of hydrogen-bond donors (Lipinski definition) is 2. The largest absolute Gasteiger partial charge is 0.462 e. The third kappa shape index (κ3) is 5.71. The van der Waals surface area contributed by atoms with Crippen molar-refractivity contribution in [2.75, 3.05) is 23.8 Å². The first-order chi connectivity index (χ1) is 13.9. The lowest BCUT2D eigenvalue weighted by Gasteiger charge is -2.06. The van der Waals surface area contributed by atoms with Crippen LogP contribution in [-0.4, -0.2) is 40.0 Å². The van der Waals surface area contributed by atoms with Crippen LogP contribution in [0.3, 0.4) is 0 Å². The molecule has 8 nitrogen and oxygen atoms in total. The topological polar surface area (TPSA) is 106 Å². The summed E-state index contributed by atoms with van der Waals surface area (Å²) >= 11 is 1.33. The molecule has 0 aliphatic carbocycles. The summed E-state index contributed by atoms with van der Waals surface area (Å²) in [4.78, 5) is 37.0. The van der Waals surface area contributed by atoms with Crippen LogP contribution in [-0.2, 0) is 9.53 Å². The predicted octanol–water partition coefficient (Wildman–Crippen LogP) is 3.71. The van der Waals surface area contributed by atoms with Gasteiger partial charge >= 0.3 is 5.97 Å². The average molecular weight is 414 g/mol. The fourth-order valence-electron chi connectivity index (χ4n) is 2.76. The number of ether oxygens (including phenoxy) is 1. The van der Waals surface area contributed by atoms with E-state index in [1.807, 2.05) is 19.9 Å². The van der Waals surface area contributed by atoms with Gasteiger partial charge < -0.3 is 15.4 Å². The smallest absolute Gasteiger partial charge is 0.338 e. The van der Waals surface area contributed by atoms with Crippen molar-refractivity contribution in [1.29, 1.82) is 0 Å². The van der Waals surface area contributed by atoms with Crippen molar-refractivity contribution >= 4 is 44.5 Å². The monoisotopic (exact) mass is 413 g/mol. The Hall–Kier alpha value is -3.07. The van der Waals surface area contributed by atoms with E-state index in [0.717, 1.165) is 21.6 Å². The normalized spacial score (nSPS) is 10.7. The highest BCUT2D eigenvalue weighted by molar-refractivity contribution is 7.22. The van der Waals surface area contributed by atoms with E-state index >= 15 is 0 Å². The Morgan fingerprint density at radius 1 is 1.10 bits per heavy atom. The third-order valence-corrected chi connectivity index (χ3v) is 4.93. The Morgan fingerprint density at radius 2 is 1.86 bits per heavy atom. The molecule has 9 heteroatoms. The van der Waals surface area contributed by atoms with Crippen molar-refractivity contribution in [1.82, 2.24) is 15.0 Å². The molecule has 152 valence electrons. The van der Waals surface area contributed by atoms with Gasteiger partial charge in [0, 0.05) is 24.4 Å². The van der Waals surface area contributed by atoms with Gasteiger partial charge in [0.05, 0.1) is 22.4 Å². The Bertz CT molecular complexity index is 1010. The number of aryl methyl sites for hydroxylation is 2. The summed E-state index contributed by atoms with van der Waals surface area (Å²) in [6.45, 7) is 6.52. The minimum atomic E-state index is -0.367. The van der Waals surface area contributed by atoms with Crippen LogP contribution in [0.15, 0.2) is 24.3 Å².